The number of nitrogens with zero attached hydrogens (tertiary/aromatic N) is 4. The summed E-state index contributed by atoms with van der Waals surface area (Å²) in [6.45, 7) is 0. The van der Waals surface area contributed by atoms with Crippen LogP contribution in [0.25, 0.3) is 11.3 Å². The zero-order chi connectivity index (χ0) is 15.0. The van der Waals surface area contributed by atoms with Gasteiger partial charge in [0.15, 0.2) is 0 Å². The van der Waals surface area contributed by atoms with Gasteiger partial charge >= 0.3 is 5.56 Å². The fourth-order valence-corrected chi connectivity index (χ4v) is 2.00. The van der Waals surface area contributed by atoms with Gasteiger partial charge in [-0.25, -0.2) is 8.78 Å². The van der Waals surface area contributed by atoms with Gasteiger partial charge in [0, 0.05) is 18.1 Å². The molecule has 0 spiro atoms. The number of rotatable bonds is 3. The largest absolute Gasteiger partial charge is 0.497 e. The third-order valence-corrected chi connectivity index (χ3v) is 3.04. The highest BCUT2D eigenvalue weighted by atomic mass is 19.3. The molecule has 6 nitrogen and oxygen atoms in total. The van der Waals surface area contributed by atoms with Gasteiger partial charge in [0.25, 0.3) is 6.43 Å². The van der Waals surface area contributed by atoms with Gasteiger partial charge in [-0.2, -0.15) is 0 Å². The molecule has 0 fully saturated rings. The lowest BCUT2D eigenvalue weighted by Gasteiger charge is -2.07. The van der Waals surface area contributed by atoms with Gasteiger partial charge in [-0.1, -0.05) is 0 Å². The van der Waals surface area contributed by atoms with Crippen molar-refractivity contribution in [1.29, 1.82) is 0 Å². The van der Waals surface area contributed by atoms with E-state index in [1.807, 2.05) is 0 Å². The van der Waals surface area contributed by atoms with Crippen LogP contribution in [0.5, 0.6) is 5.75 Å². The van der Waals surface area contributed by atoms with Crippen molar-refractivity contribution in [2.24, 2.45) is 0 Å². The van der Waals surface area contributed by atoms with Gasteiger partial charge in [0.1, 0.15) is 5.75 Å². The van der Waals surface area contributed by atoms with E-state index in [0.717, 1.165) is 4.40 Å². The Morgan fingerprint density at radius 2 is 1.86 bits per heavy atom. The van der Waals surface area contributed by atoms with Gasteiger partial charge < -0.3 is 4.74 Å². The first-order valence-corrected chi connectivity index (χ1v) is 6.00. The van der Waals surface area contributed by atoms with Crippen LogP contribution in [0, 0.1) is 0 Å². The minimum atomic E-state index is -2.80. The molecule has 8 heteroatoms. The molecule has 0 aliphatic carbocycles. The van der Waals surface area contributed by atoms with Crippen LogP contribution < -0.4 is 10.3 Å². The molecule has 0 aliphatic rings. The highest BCUT2D eigenvalue weighted by Crippen LogP contribution is 2.17. The van der Waals surface area contributed by atoms with Crippen LogP contribution in [-0.4, -0.2) is 26.3 Å². The van der Waals surface area contributed by atoms with Crippen LogP contribution in [0.4, 0.5) is 8.78 Å². The van der Waals surface area contributed by atoms with Crippen LogP contribution in [-0.2, 0) is 0 Å². The molecule has 0 N–H and O–H groups in total. The summed E-state index contributed by atoms with van der Waals surface area (Å²) in [7, 11) is 1.54. The number of aromatic nitrogens is 4. The molecule has 0 bridgehead atoms. The predicted octanol–water partition coefficient (Wildman–Crippen LogP) is 1.83. The van der Waals surface area contributed by atoms with Crippen molar-refractivity contribution in [3.05, 3.63) is 52.8 Å². The van der Waals surface area contributed by atoms with Gasteiger partial charge in [-0.3, -0.25) is 13.8 Å². The summed E-state index contributed by atoms with van der Waals surface area (Å²) in [5.74, 6) is 0.0966. The van der Waals surface area contributed by atoms with Crippen molar-refractivity contribution in [2.75, 3.05) is 7.11 Å². The molecule has 2 aromatic heterocycles. The summed E-state index contributed by atoms with van der Waals surface area (Å²) in [4.78, 5) is 12.3. The number of hydrogen-bond donors (Lipinski definition) is 0. The van der Waals surface area contributed by atoms with Gasteiger partial charge in [0.05, 0.1) is 7.11 Å². The Labute approximate surface area is 117 Å². The van der Waals surface area contributed by atoms with E-state index < -0.39 is 17.8 Å². The van der Waals surface area contributed by atoms with E-state index in [9.17, 15) is 13.6 Å². The highest BCUT2D eigenvalue weighted by molar-refractivity contribution is 5.42. The number of benzene rings is 1. The van der Waals surface area contributed by atoms with Gasteiger partial charge in [-0.05, 0) is 24.3 Å². The molecule has 3 aromatic rings. The predicted molar refractivity (Wildman–Crippen MR) is 70.1 cm³/mol. The van der Waals surface area contributed by atoms with E-state index in [1.54, 1.807) is 24.3 Å². The fourth-order valence-electron chi connectivity index (χ4n) is 2.00. The normalized spacial score (nSPS) is 11.2. The van der Waals surface area contributed by atoms with Crippen molar-refractivity contribution >= 4 is 5.65 Å². The molecule has 2 heterocycles. The second kappa shape index (κ2) is 4.97. The van der Waals surface area contributed by atoms with E-state index in [4.69, 9.17) is 4.74 Å². The Kier molecular flexibility index (Phi) is 3.13. The van der Waals surface area contributed by atoms with Gasteiger partial charge in [0.2, 0.25) is 11.5 Å². The molecule has 0 radical (unpaired) electrons. The Hall–Kier alpha value is -2.77. The van der Waals surface area contributed by atoms with E-state index in [1.165, 1.54) is 24.1 Å². The first-order valence-electron chi connectivity index (χ1n) is 6.00. The highest BCUT2D eigenvalue weighted by Gasteiger charge is 2.18. The average Bonchev–Trinajstić information content (AvgIpc) is 2.93. The topological polar surface area (TPSA) is 61.4 Å². The molecule has 0 amide bonds. The summed E-state index contributed by atoms with van der Waals surface area (Å²) in [5, 5.41) is 6.88. The summed E-state index contributed by atoms with van der Waals surface area (Å²) >= 11 is 0. The van der Waals surface area contributed by atoms with Crippen molar-refractivity contribution < 1.29 is 13.5 Å². The molecule has 0 atom stereocenters. The third-order valence-electron chi connectivity index (χ3n) is 3.04. The van der Waals surface area contributed by atoms with Crippen molar-refractivity contribution in [1.82, 2.24) is 19.2 Å². The molecule has 0 saturated carbocycles. The van der Waals surface area contributed by atoms with Crippen LogP contribution in [0.15, 0.2) is 41.5 Å². The van der Waals surface area contributed by atoms with Crippen LogP contribution in [0.3, 0.4) is 0 Å². The Morgan fingerprint density at radius 3 is 2.48 bits per heavy atom. The maximum absolute atomic E-state index is 12.7. The molecular formula is C13H10F2N4O2. The quantitative estimate of drug-likeness (QED) is 0.739. The average molecular weight is 292 g/mol. The van der Waals surface area contributed by atoms with E-state index in [2.05, 4.69) is 10.2 Å². The van der Waals surface area contributed by atoms with Crippen molar-refractivity contribution in [3.63, 3.8) is 0 Å². The Balaban J connectivity index is 2.16. The van der Waals surface area contributed by atoms with Gasteiger partial charge in [-0.15, -0.1) is 10.2 Å². The summed E-state index contributed by atoms with van der Waals surface area (Å²) < 4.78 is 32.8. The van der Waals surface area contributed by atoms with Crippen LogP contribution >= 0.6 is 0 Å². The lowest BCUT2D eigenvalue weighted by molar-refractivity contribution is 0.139. The van der Waals surface area contributed by atoms with E-state index >= 15 is 0 Å². The molecule has 1 aromatic carbocycles. The molecule has 3 rings (SSSR count). The summed E-state index contributed by atoms with van der Waals surface area (Å²) in [5.41, 5.74) is -0.101. The second-order valence-electron chi connectivity index (χ2n) is 4.22. The molecular weight excluding hydrogens is 282 g/mol. The van der Waals surface area contributed by atoms with E-state index in [0.29, 0.717) is 11.4 Å². The first-order chi connectivity index (χ1) is 10.1. The second-order valence-corrected chi connectivity index (χ2v) is 4.22. The molecule has 108 valence electrons. The van der Waals surface area contributed by atoms with Crippen molar-refractivity contribution in [3.8, 4) is 11.4 Å². The minimum Gasteiger partial charge on any atom is -0.497 e. The molecule has 0 aliphatic heterocycles. The number of fused-ring (bicyclic) bond motifs is 1. The number of halogens is 2. The standard InChI is InChI=1S/C13H10F2N4O2/c1-21-9-4-2-8(3-5-9)18-6-7-19-11(10(14)15)16-17-12(19)13(18)20/h2-7,10H,1H3. The summed E-state index contributed by atoms with van der Waals surface area (Å²) in [6.07, 6.45) is -0.0642. The number of ether oxygens (including phenoxy) is 1. The minimum absolute atomic E-state index is 0.149. The maximum Gasteiger partial charge on any atom is 0.300 e. The third kappa shape index (κ3) is 2.14. The lowest BCUT2D eigenvalue weighted by atomic mass is 10.3. The van der Waals surface area contributed by atoms with Crippen LogP contribution in [0.2, 0.25) is 0 Å². The zero-order valence-electron chi connectivity index (χ0n) is 10.9. The monoisotopic (exact) mass is 292 g/mol. The first kappa shape index (κ1) is 13.2. The smallest absolute Gasteiger partial charge is 0.300 e. The molecule has 21 heavy (non-hydrogen) atoms. The van der Waals surface area contributed by atoms with Crippen molar-refractivity contribution in [2.45, 2.75) is 6.43 Å². The molecule has 0 unspecified atom stereocenters. The lowest BCUT2D eigenvalue weighted by Crippen LogP contribution is -2.20. The van der Waals surface area contributed by atoms with Crippen LogP contribution in [0.1, 0.15) is 12.2 Å². The number of alkyl halides is 2. The zero-order valence-corrected chi connectivity index (χ0v) is 10.9. The Bertz CT molecular complexity index is 839. The molecule has 0 saturated heterocycles. The summed E-state index contributed by atoms with van der Waals surface area (Å²) in [6, 6.07) is 6.75. The van der Waals surface area contributed by atoms with E-state index in [-0.39, 0.29) is 5.65 Å². The fraction of sp³-hybridized carbons (Fsp3) is 0.154. The number of methoxy groups -OCH3 is 1. The maximum atomic E-state index is 12.7. The SMILES string of the molecule is COc1ccc(-n2ccn3c(C(F)F)nnc3c2=O)cc1. The Morgan fingerprint density at radius 1 is 1.14 bits per heavy atom. The number of hydrogen-bond acceptors (Lipinski definition) is 4.